The van der Waals surface area contributed by atoms with Gasteiger partial charge in [0.15, 0.2) is 0 Å². The van der Waals surface area contributed by atoms with Gasteiger partial charge in [0.25, 0.3) is 5.91 Å². The highest BCUT2D eigenvalue weighted by Gasteiger charge is 2.29. The molecule has 0 bridgehead atoms. The van der Waals surface area contributed by atoms with Gasteiger partial charge in [-0.05, 0) is 38.3 Å². The van der Waals surface area contributed by atoms with Gasteiger partial charge in [0.2, 0.25) is 0 Å². The predicted molar refractivity (Wildman–Crippen MR) is 70.3 cm³/mol. The first kappa shape index (κ1) is 14.6. The van der Waals surface area contributed by atoms with E-state index < -0.39 is 17.5 Å². The number of halogens is 2. The Labute approximate surface area is 116 Å². The van der Waals surface area contributed by atoms with Crippen molar-refractivity contribution in [2.75, 3.05) is 6.54 Å². The van der Waals surface area contributed by atoms with Crippen LogP contribution >= 0.6 is 0 Å². The molecule has 1 atom stereocenters. The maximum Gasteiger partial charge on any atom is 0.257 e. The molecule has 5 heteroatoms. The molecule has 1 heterocycles. The molecule has 1 aromatic carbocycles. The second-order valence-corrected chi connectivity index (χ2v) is 5.18. The van der Waals surface area contributed by atoms with Crippen LogP contribution in [-0.4, -0.2) is 29.2 Å². The summed E-state index contributed by atoms with van der Waals surface area (Å²) in [4.78, 5) is 25.2. The van der Waals surface area contributed by atoms with Gasteiger partial charge in [-0.3, -0.25) is 9.59 Å². The van der Waals surface area contributed by atoms with Gasteiger partial charge in [-0.25, -0.2) is 8.78 Å². The normalized spacial score (nSPS) is 18.9. The lowest BCUT2D eigenvalue weighted by molar-refractivity contribution is -0.118. The number of hydrogen-bond donors (Lipinski definition) is 0. The number of amides is 1. The van der Waals surface area contributed by atoms with E-state index in [0.717, 1.165) is 31.4 Å². The number of ketones is 1. The van der Waals surface area contributed by atoms with Crippen molar-refractivity contribution < 1.29 is 18.4 Å². The SMILES string of the molecule is CC(=O)CC1CCCCN1C(=O)c1ccc(F)cc1F. The molecule has 3 nitrogen and oxygen atoms in total. The van der Waals surface area contributed by atoms with Crippen LogP contribution in [0, 0.1) is 11.6 Å². The van der Waals surface area contributed by atoms with E-state index in [0.29, 0.717) is 12.6 Å². The number of benzene rings is 1. The lowest BCUT2D eigenvalue weighted by Crippen LogP contribution is -2.44. The van der Waals surface area contributed by atoms with E-state index in [-0.39, 0.29) is 23.8 Å². The van der Waals surface area contributed by atoms with Gasteiger partial charge in [0.1, 0.15) is 17.4 Å². The molecule has 0 aromatic heterocycles. The summed E-state index contributed by atoms with van der Waals surface area (Å²) in [5.74, 6) is -2.03. The first-order chi connectivity index (χ1) is 9.49. The molecule has 1 amide bonds. The zero-order valence-electron chi connectivity index (χ0n) is 11.4. The first-order valence-corrected chi connectivity index (χ1v) is 6.74. The Balaban J connectivity index is 2.22. The minimum Gasteiger partial charge on any atom is -0.335 e. The molecule has 0 N–H and O–H groups in total. The zero-order valence-corrected chi connectivity index (χ0v) is 11.4. The molecular weight excluding hydrogens is 264 g/mol. The van der Waals surface area contributed by atoms with Gasteiger partial charge in [-0.15, -0.1) is 0 Å². The fraction of sp³-hybridized carbons (Fsp3) is 0.467. The van der Waals surface area contributed by atoms with Crippen molar-refractivity contribution in [1.29, 1.82) is 0 Å². The Kier molecular flexibility index (Phi) is 4.47. The Bertz CT molecular complexity index is 531. The molecule has 1 saturated heterocycles. The number of piperidine rings is 1. The monoisotopic (exact) mass is 281 g/mol. The standard InChI is InChI=1S/C15H17F2NO2/c1-10(19)8-12-4-2-3-7-18(12)15(20)13-6-5-11(16)9-14(13)17/h5-6,9,12H,2-4,7-8H2,1H3. The number of Topliss-reactive ketones (excluding diaryl/α,β-unsaturated/α-hetero) is 1. The number of carbonyl (C=O) groups excluding carboxylic acids is 2. The average Bonchev–Trinajstić information content (AvgIpc) is 2.38. The van der Waals surface area contributed by atoms with Gasteiger partial charge in [-0.2, -0.15) is 0 Å². The minimum absolute atomic E-state index is 0.00859. The molecule has 1 aliphatic heterocycles. The highest BCUT2D eigenvalue weighted by atomic mass is 19.1. The second-order valence-electron chi connectivity index (χ2n) is 5.18. The van der Waals surface area contributed by atoms with Crippen LogP contribution in [0.25, 0.3) is 0 Å². The van der Waals surface area contributed by atoms with Crippen molar-refractivity contribution in [2.24, 2.45) is 0 Å². The van der Waals surface area contributed by atoms with Gasteiger partial charge in [-0.1, -0.05) is 0 Å². The summed E-state index contributed by atoms with van der Waals surface area (Å²) in [5.41, 5.74) is -0.137. The quantitative estimate of drug-likeness (QED) is 0.854. The first-order valence-electron chi connectivity index (χ1n) is 6.74. The molecule has 2 rings (SSSR count). The molecule has 20 heavy (non-hydrogen) atoms. The third-order valence-corrected chi connectivity index (χ3v) is 3.57. The number of likely N-dealkylation sites (tertiary alicyclic amines) is 1. The molecule has 1 fully saturated rings. The highest BCUT2D eigenvalue weighted by Crippen LogP contribution is 2.23. The summed E-state index contributed by atoms with van der Waals surface area (Å²) < 4.78 is 26.6. The van der Waals surface area contributed by atoms with E-state index in [2.05, 4.69) is 0 Å². The third-order valence-electron chi connectivity index (χ3n) is 3.57. The van der Waals surface area contributed by atoms with E-state index in [1.165, 1.54) is 6.92 Å². The van der Waals surface area contributed by atoms with Crippen LogP contribution in [-0.2, 0) is 4.79 Å². The third kappa shape index (κ3) is 3.21. The van der Waals surface area contributed by atoms with Crippen molar-refractivity contribution in [3.05, 3.63) is 35.4 Å². The van der Waals surface area contributed by atoms with Crippen molar-refractivity contribution in [1.82, 2.24) is 4.90 Å². The average molecular weight is 281 g/mol. The van der Waals surface area contributed by atoms with Crippen LogP contribution in [0.2, 0.25) is 0 Å². The maximum absolute atomic E-state index is 13.7. The van der Waals surface area contributed by atoms with Crippen LogP contribution in [0.5, 0.6) is 0 Å². The molecule has 1 unspecified atom stereocenters. The zero-order chi connectivity index (χ0) is 14.7. The van der Waals surface area contributed by atoms with Crippen molar-refractivity contribution in [2.45, 2.75) is 38.6 Å². The topological polar surface area (TPSA) is 37.4 Å². The van der Waals surface area contributed by atoms with Crippen LogP contribution < -0.4 is 0 Å². The smallest absolute Gasteiger partial charge is 0.257 e. The summed E-state index contributed by atoms with van der Waals surface area (Å²) in [6, 6.07) is 2.75. The van der Waals surface area contributed by atoms with Gasteiger partial charge in [0, 0.05) is 25.1 Å². The van der Waals surface area contributed by atoms with Gasteiger partial charge < -0.3 is 4.90 Å². The largest absolute Gasteiger partial charge is 0.335 e. The molecule has 108 valence electrons. The Hall–Kier alpha value is -1.78. The molecule has 0 spiro atoms. The van der Waals surface area contributed by atoms with E-state index in [4.69, 9.17) is 0 Å². The van der Waals surface area contributed by atoms with Crippen LogP contribution in [0.3, 0.4) is 0 Å². The van der Waals surface area contributed by atoms with Crippen LogP contribution in [0.4, 0.5) is 8.78 Å². The lowest BCUT2D eigenvalue weighted by atomic mass is 9.96. The summed E-state index contributed by atoms with van der Waals surface area (Å²) in [7, 11) is 0. The fourth-order valence-corrected chi connectivity index (χ4v) is 2.63. The van der Waals surface area contributed by atoms with Crippen molar-refractivity contribution in [3.63, 3.8) is 0 Å². The Morgan fingerprint density at radius 1 is 1.30 bits per heavy atom. The van der Waals surface area contributed by atoms with E-state index in [1.807, 2.05) is 0 Å². The Morgan fingerprint density at radius 3 is 2.70 bits per heavy atom. The van der Waals surface area contributed by atoms with Crippen molar-refractivity contribution >= 4 is 11.7 Å². The fourth-order valence-electron chi connectivity index (χ4n) is 2.63. The van der Waals surface area contributed by atoms with Crippen molar-refractivity contribution in [3.8, 4) is 0 Å². The minimum atomic E-state index is -0.859. The summed E-state index contributed by atoms with van der Waals surface area (Å²) in [6.45, 7) is 1.99. The summed E-state index contributed by atoms with van der Waals surface area (Å²) >= 11 is 0. The second kappa shape index (κ2) is 6.11. The number of rotatable bonds is 3. The maximum atomic E-state index is 13.7. The number of nitrogens with zero attached hydrogens (tertiary/aromatic N) is 1. The number of carbonyl (C=O) groups is 2. The van der Waals surface area contributed by atoms with Gasteiger partial charge >= 0.3 is 0 Å². The number of hydrogen-bond acceptors (Lipinski definition) is 2. The Morgan fingerprint density at radius 2 is 2.05 bits per heavy atom. The predicted octanol–water partition coefficient (Wildman–Crippen LogP) is 2.94. The molecule has 0 saturated carbocycles. The lowest BCUT2D eigenvalue weighted by Gasteiger charge is -2.35. The van der Waals surface area contributed by atoms with Crippen LogP contribution in [0.15, 0.2) is 18.2 Å². The van der Waals surface area contributed by atoms with Crippen LogP contribution in [0.1, 0.15) is 43.0 Å². The summed E-state index contributed by atoms with van der Waals surface area (Å²) in [5, 5.41) is 0. The molecular formula is C15H17F2NO2. The van der Waals surface area contributed by atoms with E-state index in [1.54, 1.807) is 4.90 Å². The highest BCUT2D eigenvalue weighted by molar-refractivity contribution is 5.95. The molecule has 1 aliphatic rings. The van der Waals surface area contributed by atoms with E-state index >= 15 is 0 Å². The molecule has 0 radical (unpaired) electrons. The molecule has 0 aliphatic carbocycles. The van der Waals surface area contributed by atoms with E-state index in [9.17, 15) is 18.4 Å². The molecule has 1 aromatic rings. The van der Waals surface area contributed by atoms with Gasteiger partial charge in [0.05, 0.1) is 5.56 Å². The summed E-state index contributed by atoms with van der Waals surface area (Å²) in [6.07, 6.45) is 2.82.